The summed E-state index contributed by atoms with van der Waals surface area (Å²) >= 11 is 0. The largest absolute Gasteiger partial charge is 0.444 e. The Labute approximate surface area is 324 Å². The van der Waals surface area contributed by atoms with E-state index in [4.69, 9.17) is 4.74 Å². The molecule has 3 N–H and O–H groups in total. The molecule has 0 saturated carbocycles. The van der Waals surface area contributed by atoms with Crippen LogP contribution in [0, 0.1) is 0 Å². The number of rotatable bonds is 16. The van der Waals surface area contributed by atoms with Gasteiger partial charge in [0.1, 0.15) is 17.7 Å². The van der Waals surface area contributed by atoms with Crippen LogP contribution in [-0.2, 0) is 32.1 Å². The fourth-order valence-electron chi connectivity index (χ4n) is 6.80. The highest BCUT2D eigenvalue weighted by atomic mass is 16.6. The summed E-state index contributed by atoms with van der Waals surface area (Å²) < 4.78 is 5.48. The number of hydrogen-bond acceptors (Lipinski definition) is 6. The average Bonchev–Trinajstić information content (AvgIpc) is 3.19. The quantitative estimate of drug-likeness (QED) is 0.0861. The van der Waals surface area contributed by atoms with Gasteiger partial charge in [-0.3, -0.25) is 19.2 Å². The molecule has 55 heavy (non-hydrogen) atoms. The number of unbranched alkanes of at least 4 members (excludes halogenated alkanes) is 1. The molecule has 10 nitrogen and oxygen atoms in total. The molecule has 5 rings (SSSR count). The first-order valence-corrected chi connectivity index (χ1v) is 19.1. The number of Topliss-reactive ketones (excluding diaryl/α,β-unsaturated/α-hetero) is 1. The number of carbonyl (C=O) groups excluding carboxylic acids is 5. The van der Waals surface area contributed by atoms with Gasteiger partial charge in [-0.25, -0.2) is 4.79 Å². The van der Waals surface area contributed by atoms with Crippen molar-refractivity contribution in [2.45, 2.75) is 89.4 Å². The molecule has 0 fully saturated rings. The zero-order valence-corrected chi connectivity index (χ0v) is 32.0. The third-order valence-corrected chi connectivity index (χ3v) is 9.64. The lowest BCUT2D eigenvalue weighted by atomic mass is 9.91. The molecule has 1 heterocycles. The van der Waals surface area contributed by atoms with Gasteiger partial charge in [-0.05, 0) is 62.3 Å². The average molecular weight is 745 g/mol. The maximum absolute atomic E-state index is 13.7. The van der Waals surface area contributed by atoms with Gasteiger partial charge < -0.3 is 25.6 Å². The highest BCUT2D eigenvalue weighted by molar-refractivity contribution is 5.98. The lowest BCUT2D eigenvalue weighted by Gasteiger charge is -2.36. The van der Waals surface area contributed by atoms with Gasteiger partial charge in [0.2, 0.25) is 17.7 Å². The van der Waals surface area contributed by atoms with Gasteiger partial charge in [-0.15, -0.1) is 0 Å². The number of nitrogens with zero attached hydrogens (tertiary/aromatic N) is 1. The van der Waals surface area contributed by atoms with Crippen molar-refractivity contribution in [3.05, 3.63) is 143 Å². The van der Waals surface area contributed by atoms with Crippen molar-refractivity contribution in [2.24, 2.45) is 0 Å². The van der Waals surface area contributed by atoms with Crippen LogP contribution < -0.4 is 16.0 Å². The number of ketones is 1. The molecule has 288 valence electrons. The minimum atomic E-state index is -0.862. The molecule has 4 amide bonds. The van der Waals surface area contributed by atoms with Gasteiger partial charge in [0.25, 0.3) is 0 Å². The Morgan fingerprint density at radius 2 is 1.31 bits per heavy atom. The Balaban J connectivity index is 1.18. The van der Waals surface area contributed by atoms with Crippen molar-refractivity contribution in [1.29, 1.82) is 0 Å². The lowest BCUT2D eigenvalue weighted by Crippen LogP contribution is -2.52. The van der Waals surface area contributed by atoms with Crippen LogP contribution >= 0.6 is 0 Å². The van der Waals surface area contributed by atoms with Crippen LogP contribution in [0.15, 0.2) is 115 Å². The van der Waals surface area contributed by atoms with Crippen molar-refractivity contribution in [3.63, 3.8) is 0 Å². The lowest BCUT2D eigenvalue weighted by molar-refractivity contribution is -0.141. The van der Waals surface area contributed by atoms with E-state index in [1.165, 1.54) is 0 Å². The van der Waals surface area contributed by atoms with Crippen molar-refractivity contribution in [2.75, 3.05) is 13.1 Å². The minimum absolute atomic E-state index is 0.00518. The van der Waals surface area contributed by atoms with Crippen molar-refractivity contribution in [1.82, 2.24) is 20.9 Å². The number of carbonyl (C=O) groups is 5. The number of benzene rings is 4. The molecule has 2 atom stereocenters. The Kier molecular flexibility index (Phi) is 14.3. The summed E-state index contributed by atoms with van der Waals surface area (Å²) in [4.78, 5) is 67.9. The maximum atomic E-state index is 13.7. The summed E-state index contributed by atoms with van der Waals surface area (Å²) in [6.07, 6.45) is 1.12. The Hall–Kier alpha value is -5.77. The van der Waals surface area contributed by atoms with Crippen LogP contribution in [0.1, 0.15) is 91.4 Å². The fourth-order valence-corrected chi connectivity index (χ4v) is 6.80. The second kappa shape index (κ2) is 19.5. The first-order chi connectivity index (χ1) is 26.5. The molecule has 10 heteroatoms. The molecule has 1 aliphatic heterocycles. The van der Waals surface area contributed by atoms with E-state index in [2.05, 4.69) is 16.0 Å². The third kappa shape index (κ3) is 12.1. The van der Waals surface area contributed by atoms with Crippen molar-refractivity contribution in [3.8, 4) is 0 Å². The zero-order chi connectivity index (χ0) is 39.2. The number of amides is 4. The summed E-state index contributed by atoms with van der Waals surface area (Å²) in [5, 5.41) is 8.82. The number of ether oxygens (including phenoxy) is 1. The maximum Gasteiger partial charge on any atom is 0.408 e. The molecular weight excluding hydrogens is 693 g/mol. The predicted molar refractivity (Wildman–Crippen MR) is 212 cm³/mol. The third-order valence-electron chi connectivity index (χ3n) is 9.64. The number of hydrogen-bond donors (Lipinski definition) is 3. The molecule has 4 aromatic carbocycles. The van der Waals surface area contributed by atoms with Crippen LogP contribution in [0.2, 0.25) is 0 Å². The summed E-state index contributed by atoms with van der Waals surface area (Å²) in [6, 6.07) is 35.0. The van der Waals surface area contributed by atoms with E-state index in [0.29, 0.717) is 44.3 Å². The molecule has 1 aliphatic rings. The standard InChI is InChI=1S/C45H52N4O6/c1-45(2,3)55-44(54)48-38(42(52)47-30-37(32-17-7-4-8-18-32)33-19-9-5-10-20-33)25-15-16-28-46-43(53)39-29-35-23-13-14-24-36(35)31-49(39)41(51)27-26-40(50)34-21-11-6-12-22-34/h4-14,17-24,37-39H,15-16,25-31H2,1-3H3,(H,46,53)(H,47,52)(H,48,54)/t38-,39-/m0/s1. The number of alkyl carbamates (subject to hydrolysis) is 1. The highest BCUT2D eigenvalue weighted by Gasteiger charge is 2.34. The van der Waals surface area contributed by atoms with E-state index < -0.39 is 23.8 Å². The van der Waals surface area contributed by atoms with Crippen LogP contribution in [0.25, 0.3) is 0 Å². The minimum Gasteiger partial charge on any atom is -0.444 e. The molecule has 0 aromatic heterocycles. The molecule has 0 aliphatic carbocycles. The van der Waals surface area contributed by atoms with Gasteiger partial charge in [-0.2, -0.15) is 0 Å². The molecule has 4 aromatic rings. The van der Waals surface area contributed by atoms with Crippen molar-refractivity contribution >= 4 is 29.6 Å². The number of nitrogens with one attached hydrogen (secondary N) is 3. The van der Waals surface area contributed by atoms with Gasteiger partial charge in [0.15, 0.2) is 5.78 Å². The number of fused-ring (bicyclic) bond motifs is 1. The Morgan fingerprint density at radius 1 is 0.727 bits per heavy atom. The molecule has 0 spiro atoms. The topological polar surface area (TPSA) is 134 Å². The zero-order valence-electron chi connectivity index (χ0n) is 32.0. The SMILES string of the molecule is CC(C)(C)OC(=O)N[C@@H](CCCCNC(=O)[C@@H]1Cc2ccccc2CN1C(=O)CCC(=O)c1ccccc1)C(=O)NCC(c1ccccc1)c1ccccc1. The van der Waals surface area contributed by atoms with E-state index in [1.807, 2.05) is 91.0 Å². The second-order valence-corrected chi connectivity index (χ2v) is 14.9. The molecular formula is C45H52N4O6. The fraction of sp³-hybridized carbons (Fsp3) is 0.356. The normalized spacial score (nSPS) is 14.3. The van der Waals surface area contributed by atoms with Crippen LogP contribution in [0.4, 0.5) is 4.79 Å². The van der Waals surface area contributed by atoms with Gasteiger partial charge >= 0.3 is 6.09 Å². The van der Waals surface area contributed by atoms with Gasteiger partial charge in [-0.1, -0.05) is 115 Å². The Morgan fingerprint density at radius 3 is 1.93 bits per heavy atom. The first kappa shape index (κ1) is 40.4. The van der Waals surface area contributed by atoms with Crippen molar-refractivity contribution < 1.29 is 28.7 Å². The summed E-state index contributed by atoms with van der Waals surface area (Å²) in [7, 11) is 0. The Bertz CT molecular complexity index is 1860. The van der Waals surface area contributed by atoms with E-state index >= 15 is 0 Å². The van der Waals surface area contributed by atoms with Crippen LogP contribution in [-0.4, -0.2) is 65.3 Å². The predicted octanol–water partition coefficient (Wildman–Crippen LogP) is 6.73. The van der Waals surface area contributed by atoms with Gasteiger partial charge in [0, 0.05) is 50.4 Å². The molecule has 0 saturated heterocycles. The molecule has 0 unspecified atom stereocenters. The summed E-state index contributed by atoms with van der Waals surface area (Å²) in [5.41, 5.74) is 3.92. The monoisotopic (exact) mass is 744 g/mol. The smallest absolute Gasteiger partial charge is 0.408 e. The van der Waals surface area contributed by atoms with E-state index in [0.717, 1.165) is 22.3 Å². The summed E-state index contributed by atoms with van der Waals surface area (Å²) in [5.74, 6) is -1.06. The van der Waals surface area contributed by atoms with Crippen LogP contribution in [0.3, 0.4) is 0 Å². The van der Waals surface area contributed by atoms with Crippen LogP contribution in [0.5, 0.6) is 0 Å². The molecule has 0 radical (unpaired) electrons. The second-order valence-electron chi connectivity index (χ2n) is 14.9. The van der Waals surface area contributed by atoms with E-state index in [1.54, 1.807) is 49.9 Å². The highest BCUT2D eigenvalue weighted by Crippen LogP contribution is 2.26. The summed E-state index contributed by atoms with van der Waals surface area (Å²) in [6.45, 7) is 6.22. The first-order valence-electron chi connectivity index (χ1n) is 19.1. The molecule has 0 bridgehead atoms. The van der Waals surface area contributed by atoms with E-state index in [9.17, 15) is 24.0 Å². The van der Waals surface area contributed by atoms with E-state index in [-0.39, 0.29) is 48.8 Å². The van der Waals surface area contributed by atoms with Gasteiger partial charge in [0.05, 0.1) is 0 Å².